The maximum absolute atomic E-state index is 12.7. The van der Waals surface area contributed by atoms with E-state index in [2.05, 4.69) is 5.32 Å². The molecule has 158 valence electrons. The molecule has 1 aromatic carbocycles. The van der Waals surface area contributed by atoms with Gasteiger partial charge in [-0.2, -0.15) is 0 Å². The SMILES string of the molecule is COc1ccc(S(=O)(=O)CC(C)C(=O)NC2C3CCCC2CC(N)C3)cc1.Cl. The Balaban J connectivity index is 0.00000280. The predicted molar refractivity (Wildman–Crippen MR) is 111 cm³/mol. The molecule has 0 aromatic heterocycles. The molecule has 0 spiro atoms. The molecule has 2 aliphatic rings. The molecule has 28 heavy (non-hydrogen) atoms. The third kappa shape index (κ3) is 5.19. The molecule has 8 heteroatoms. The first-order chi connectivity index (χ1) is 12.8. The van der Waals surface area contributed by atoms with E-state index >= 15 is 0 Å². The summed E-state index contributed by atoms with van der Waals surface area (Å²) in [6.07, 6.45) is 5.26. The van der Waals surface area contributed by atoms with Crippen molar-refractivity contribution in [3.63, 3.8) is 0 Å². The Labute approximate surface area is 173 Å². The molecule has 1 aromatic rings. The Kier molecular flexibility index (Phi) is 7.76. The van der Waals surface area contributed by atoms with E-state index in [4.69, 9.17) is 10.5 Å². The van der Waals surface area contributed by atoms with Crippen LogP contribution in [0.1, 0.15) is 39.0 Å². The number of halogens is 1. The summed E-state index contributed by atoms with van der Waals surface area (Å²) in [6, 6.07) is 6.63. The smallest absolute Gasteiger partial charge is 0.224 e. The number of hydrogen-bond acceptors (Lipinski definition) is 5. The molecule has 3 rings (SSSR count). The van der Waals surface area contributed by atoms with Crippen molar-refractivity contribution < 1.29 is 17.9 Å². The van der Waals surface area contributed by atoms with Gasteiger partial charge in [0.05, 0.1) is 17.8 Å². The number of ether oxygens (including phenoxy) is 1. The molecule has 2 saturated carbocycles. The molecular formula is C20H31ClN2O4S. The third-order valence-corrected chi connectivity index (χ3v) is 7.95. The number of sulfone groups is 1. The number of rotatable bonds is 6. The minimum Gasteiger partial charge on any atom is -0.497 e. The molecule has 3 atom stereocenters. The van der Waals surface area contributed by atoms with Crippen molar-refractivity contribution in [2.45, 2.75) is 56.0 Å². The maximum Gasteiger partial charge on any atom is 0.224 e. The first-order valence-corrected chi connectivity index (χ1v) is 11.4. The van der Waals surface area contributed by atoms with Crippen LogP contribution in [0.25, 0.3) is 0 Å². The lowest BCUT2D eigenvalue weighted by atomic mass is 9.67. The monoisotopic (exact) mass is 430 g/mol. The van der Waals surface area contributed by atoms with Gasteiger partial charge in [-0.25, -0.2) is 8.42 Å². The average Bonchev–Trinajstić information content (AvgIpc) is 2.62. The van der Waals surface area contributed by atoms with Gasteiger partial charge in [-0.3, -0.25) is 4.79 Å². The molecule has 3 unspecified atom stereocenters. The summed E-state index contributed by atoms with van der Waals surface area (Å²) in [7, 11) is -2.00. The molecule has 2 fully saturated rings. The second-order valence-electron chi connectivity index (χ2n) is 8.07. The minimum absolute atomic E-state index is 0. The summed E-state index contributed by atoms with van der Waals surface area (Å²) < 4.78 is 30.3. The van der Waals surface area contributed by atoms with Gasteiger partial charge >= 0.3 is 0 Å². The quantitative estimate of drug-likeness (QED) is 0.722. The Bertz CT molecular complexity index is 755. The highest BCUT2D eigenvalue weighted by molar-refractivity contribution is 7.91. The zero-order valence-electron chi connectivity index (χ0n) is 16.5. The average molecular weight is 431 g/mol. The van der Waals surface area contributed by atoms with Crippen molar-refractivity contribution in [2.75, 3.05) is 12.9 Å². The first-order valence-electron chi connectivity index (χ1n) is 9.73. The van der Waals surface area contributed by atoms with Gasteiger partial charge in [0.25, 0.3) is 0 Å². The van der Waals surface area contributed by atoms with Crippen molar-refractivity contribution in [3.05, 3.63) is 24.3 Å². The van der Waals surface area contributed by atoms with E-state index < -0.39 is 15.8 Å². The molecule has 2 bridgehead atoms. The van der Waals surface area contributed by atoms with E-state index in [1.165, 1.54) is 25.7 Å². The first kappa shape index (κ1) is 23.0. The van der Waals surface area contributed by atoms with Gasteiger partial charge in [0.2, 0.25) is 5.91 Å². The van der Waals surface area contributed by atoms with E-state index in [1.54, 1.807) is 19.1 Å². The van der Waals surface area contributed by atoms with Crippen LogP contribution in [-0.2, 0) is 14.6 Å². The van der Waals surface area contributed by atoms with E-state index in [0.29, 0.717) is 17.6 Å². The molecular weight excluding hydrogens is 400 g/mol. The lowest BCUT2D eigenvalue weighted by molar-refractivity contribution is -0.126. The largest absolute Gasteiger partial charge is 0.497 e. The predicted octanol–water partition coefficient (Wildman–Crippen LogP) is 2.55. The van der Waals surface area contributed by atoms with Crippen molar-refractivity contribution in [3.8, 4) is 5.75 Å². The fourth-order valence-corrected chi connectivity index (χ4v) is 6.17. The molecule has 0 saturated heterocycles. The van der Waals surface area contributed by atoms with Gasteiger partial charge in [-0.15, -0.1) is 12.4 Å². The van der Waals surface area contributed by atoms with Crippen LogP contribution in [0.5, 0.6) is 5.75 Å². The number of nitrogens with two attached hydrogens (primary N) is 1. The standard InChI is InChI=1S/C20H30N2O4S.ClH/c1-13(12-27(24,25)18-8-6-17(26-2)7-9-18)20(23)22-19-14-4-3-5-15(19)11-16(21)10-14;/h6-9,13-16,19H,3-5,10-12,21H2,1-2H3,(H,22,23);1H. The molecule has 0 radical (unpaired) electrons. The van der Waals surface area contributed by atoms with Crippen LogP contribution in [0.2, 0.25) is 0 Å². The van der Waals surface area contributed by atoms with Crippen LogP contribution in [0.4, 0.5) is 0 Å². The second-order valence-corrected chi connectivity index (χ2v) is 10.1. The van der Waals surface area contributed by atoms with E-state index in [1.807, 2.05) is 0 Å². The molecule has 6 nitrogen and oxygen atoms in total. The number of carbonyl (C=O) groups is 1. The summed E-state index contributed by atoms with van der Waals surface area (Å²) in [5, 5.41) is 3.15. The lowest BCUT2D eigenvalue weighted by Gasteiger charge is -2.45. The number of fused-ring (bicyclic) bond motifs is 2. The molecule has 0 heterocycles. The molecule has 1 amide bonds. The van der Waals surface area contributed by atoms with Crippen LogP contribution in [0.15, 0.2) is 29.2 Å². The van der Waals surface area contributed by atoms with Gasteiger partial charge in [-0.05, 0) is 61.8 Å². The summed E-state index contributed by atoms with van der Waals surface area (Å²) in [6.45, 7) is 1.68. The zero-order chi connectivity index (χ0) is 19.6. The number of amides is 1. The topological polar surface area (TPSA) is 98.5 Å². The van der Waals surface area contributed by atoms with Crippen LogP contribution < -0.4 is 15.8 Å². The molecule has 3 N–H and O–H groups in total. The minimum atomic E-state index is -3.53. The second kappa shape index (κ2) is 9.46. The van der Waals surface area contributed by atoms with Crippen LogP contribution in [0.3, 0.4) is 0 Å². The zero-order valence-corrected chi connectivity index (χ0v) is 18.1. The third-order valence-electron chi connectivity index (χ3n) is 6.02. The van der Waals surface area contributed by atoms with Crippen molar-refractivity contribution in [1.82, 2.24) is 5.32 Å². The van der Waals surface area contributed by atoms with Gasteiger partial charge < -0.3 is 15.8 Å². The molecule has 0 aliphatic heterocycles. The van der Waals surface area contributed by atoms with Gasteiger partial charge in [0.15, 0.2) is 9.84 Å². The number of carbonyl (C=O) groups excluding carboxylic acids is 1. The van der Waals surface area contributed by atoms with Gasteiger partial charge in [-0.1, -0.05) is 13.3 Å². The summed E-state index contributed by atoms with van der Waals surface area (Å²) >= 11 is 0. The van der Waals surface area contributed by atoms with Gasteiger partial charge in [0.1, 0.15) is 5.75 Å². The maximum atomic E-state index is 12.7. The summed E-state index contributed by atoms with van der Waals surface area (Å²) in [4.78, 5) is 12.9. The highest BCUT2D eigenvalue weighted by atomic mass is 35.5. The fraction of sp³-hybridized carbons (Fsp3) is 0.650. The van der Waals surface area contributed by atoms with Crippen LogP contribution >= 0.6 is 12.4 Å². The highest BCUT2D eigenvalue weighted by Gasteiger charge is 2.40. The normalized spacial score (nSPS) is 28.0. The lowest BCUT2D eigenvalue weighted by Crippen LogP contribution is -2.54. The highest BCUT2D eigenvalue weighted by Crippen LogP contribution is 2.39. The van der Waals surface area contributed by atoms with Crippen molar-refractivity contribution in [2.24, 2.45) is 23.5 Å². The Morgan fingerprint density at radius 1 is 1.21 bits per heavy atom. The van der Waals surface area contributed by atoms with E-state index in [9.17, 15) is 13.2 Å². The van der Waals surface area contributed by atoms with Crippen molar-refractivity contribution in [1.29, 1.82) is 0 Å². The van der Waals surface area contributed by atoms with Crippen molar-refractivity contribution >= 4 is 28.2 Å². The Morgan fingerprint density at radius 2 is 1.79 bits per heavy atom. The van der Waals surface area contributed by atoms with Gasteiger partial charge in [0, 0.05) is 18.0 Å². The summed E-state index contributed by atoms with van der Waals surface area (Å²) in [5.41, 5.74) is 6.15. The molecule has 2 aliphatic carbocycles. The Morgan fingerprint density at radius 3 is 2.32 bits per heavy atom. The number of methoxy groups -OCH3 is 1. The van der Waals surface area contributed by atoms with E-state index in [0.717, 1.165) is 25.7 Å². The van der Waals surface area contributed by atoms with Crippen LogP contribution in [0, 0.1) is 17.8 Å². The van der Waals surface area contributed by atoms with E-state index in [-0.39, 0.29) is 41.0 Å². The number of hydrogen-bond donors (Lipinski definition) is 2. The Hall–Kier alpha value is -1.31. The van der Waals surface area contributed by atoms with Crippen LogP contribution in [-0.4, -0.2) is 39.3 Å². The summed E-state index contributed by atoms with van der Waals surface area (Å²) in [5.74, 6) is 0.454. The number of nitrogens with one attached hydrogen (secondary N) is 1. The number of benzene rings is 1. The fourth-order valence-electron chi connectivity index (χ4n) is 4.62.